The van der Waals surface area contributed by atoms with Crippen LogP contribution in [0.5, 0.6) is 0 Å². The zero-order chi connectivity index (χ0) is 12.5. The topological polar surface area (TPSA) is 68.0 Å². The Bertz CT molecular complexity index is 590. The first kappa shape index (κ1) is 11.8. The number of hydrogen-bond acceptors (Lipinski definition) is 5. The highest BCUT2D eigenvalue weighted by Gasteiger charge is 2.23. The fraction of sp³-hybridized carbons (Fsp3) is 0.333. The standard InChI is InChI=1S/C12H13N3OS2/c13-8-1-2-9-10(5-8)18-12(14-9)15-11(16)7-3-4-17-6-7/h1-2,5,7H,3-4,6,13H2,(H,14,15,16). The van der Waals surface area contributed by atoms with Crippen molar-refractivity contribution >= 4 is 50.0 Å². The second-order valence-electron chi connectivity index (χ2n) is 4.30. The molecule has 1 atom stereocenters. The van der Waals surface area contributed by atoms with E-state index < -0.39 is 0 Å². The second-order valence-corrected chi connectivity index (χ2v) is 6.48. The third kappa shape index (κ3) is 2.30. The van der Waals surface area contributed by atoms with E-state index in [1.165, 1.54) is 11.3 Å². The quantitative estimate of drug-likeness (QED) is 0.829. The number of benzene rings is 1. The molecule has 2 heterocycles. The summed E-state index contributed by atoms with van der Waals surface area (Å²) in [7, 11) is 0. The average Bonchev–Trinajstić information content (AvgIpc) is 2.95. The maximum Gasteiger partial charge on any atom is 0.230 e. The van der Waals surface area contributed by atoms with Crippen LogP contribution in [0.1, 0.15) is 6.42 Å². The van der Waals surface area contributed by atoms with Crippen LogP contribution in [0.15, 0.2) is 18.2 Å². The summed E-state index contributed by atoms with van der Waals surface area (Å²) in [4.78, 5) is 16.4. The molecule has 1 aromatic carbocycles. The summed E-state index contributed by atoms with van der Waals surface area (Å²) < 4.78 is 1.01. The van der Waals surface area contributed by atoms with Crippen molar-refractivity contribution in [3.05, 3.63) is 18.2 Å². The Morgan fingerprint density at radius 1 is 1.50 bits per heavy atom. The predicted octanol–water partition coefficient (Wildman–Crippen LogP) is 2.57. The molecule has 1 fully saturated rings. The normalized spacial score (nSPS) is 19.2. The SMILES string of the molecule is Nc1ccc2nc(NC(=O)C3CCSC3)sc2c1. The fourth-order valence-electron chi connectivity index (χ4n) is 1.94. The molecule has 1 amide bonds. The van der Waals surface area contributed by atoms with E-state index in [0.717, 1.165) is 33.8 Å². The molecular weight excluding hydrogens is 266 g/mol. The van der Waals surface area contributed by atoms with Crippen LogP contribution in [0.2, 0.25) is 0 Å². The zero-order valence-corrected chi connectivity index (χ0v) is 11.3. The van der Waals surface area contributed by atoms with Crippen LogP contribution in [0.3, 0.4) is 0 Å². The molecule has 3 N–H and O–H groups in total. The van der Waals surface area contributed by atoms with Gasteiger partial charge in [0, 0.05) is 17.4 Å². The van der Waals surface area contributed by atoms with Crippen LogP contribution < -0.4 is 11.1 Å². The summed E-state index contributed by atoms with van der Waals surface area (Å²) >= 11 is 3.30. The monoisotopic (exact) mass is 279 g/mol. The maximum atomic E-state index is 12.0. The van der Waals surface area contributed by atoms with Crippen LogP contribution in [0.25, 0.3) is 10.2 Å². The molecule has 0 bridgehead atoms. The summed E-state index contributed by atoms with van der Waals surface area (Å²) in [5.74, 6) is 2.22. The van der Waals surface area contributed by atoms with Gasteiger partial charge in [-0.15, -0.1) is 0 Å². The Morgan fingerprint density at radius 2 is 2.39 bits per heavy atom. The lowest BCUT2D eigenvalue weighted by atomic mass is 10.1. The highest BCUT2D eigenvalue weighted by atomic mass is 32.2. The number of nitrogen functional groups attached to an aromatic ring is 1. The molecule has 0 radical (unpaired) electrons. The number of anilines is 2. The van der Waals surface area contributed by atoms with Crippen molar-refractivity contribution in [2.45, 2.75) is 6.42 Å². The highest BCUT2D eigenvalue weighted by molar-refractivity contribution is 7.99. The van der Waals surface area contributed by atoms with Gasteiger partial charge in [-0.3, -0.25) is 4.79 Å². The molecule has 0 aliphatic carbocycles. The minimum absolute atomic E-state index is 0.0898. The van der Waals surface area contributed by atoms with Gasteiger partial charge in [-0.05, 0) is 30.4 Å². The van der Waals surface area contributed by atoms with E-state index in [2.05, 4.69) is 10.3 Å². The van der Waals surface area contributed by atoms with Gasteiger partial charge in [0.15, 0.2) is 5.13 Å². The Kier molecular flexibility index (Phi) is 3.13. The number of aromatic nitrogens is 1. The molecule has 0 spiro atoms. The van der Waals surface area contributed by atoms with Gasteiger partial charge in [-0.1, -0.05) is 11.3 Å². The van der Waals surface area contributed by atoms with Crippen LogP contribution in [-0.2, 0) is 4.79 Å². The van der Waals surface area contributed by atoms with E-state index in [4.69, 9.17) is 5.73 Å². The van der Waals surface area contributed by atoms with Gasteiger partial charge in [0.05, 0.1) is 10.2 Å². The number of nitrogens with two attached hydrogens (primary N) is 1. The number of rotatable bonds is 2. The lowest BCUT2D eigenvalue weighted by molar-refractivity contribution is -0.119. The molecule has 1 aliphatic rings. The molecule has 18 heavy (non-hydrogen) atoms. The molecule has 0 saturated carbocycles. The zero-order valence-electron chi connectivity index (χ0n) is 9.68. The van der Waals surface area contributed by atoms with Crippen molar-refractivity contribution in [2.75, 3.05) is 22.6 Å². The van der Waals surface area contributed by atoms with Crippen molar-refractivity contribution in [1.82, 2.24) is 4.98 Å². The maximum absolute atomic E-state index is 12.0. The summed E-state index contributed by atoms with van der Waals surface area (Å²) in [5, 5.41) is 3.57. The molecule has 4 nitrogen and oxygen atoms in total. The van der Waals surface area contributed by atoms with Crippen LogP contribution in [0, 0.1) is 5.92 Å². The van der Waals surface area contributed by atoms with Gasteiger partial charge in [0.25, 0.3) is 0 Å². The van der Waals surface area contributed by atoms with E-state index in [-0.39, 0.29) is 11.8 Å². The first-order valence-electron chi connectivity index (χ1n) is 5.77. The highest BCUT2D eigenvalue weighted by Crippen LogP contribution is 2.29. The van der Waals surface area contributed by atoms with Gasteiger partial charge in [0.2, 0.25) is 5.91 Å². The lowest BCUT2D eigenvalue weighted by Gasteiger charge is -2.06. The number of nitrogens with zero attached hydrogens (tertiary/aromatic N) is 1. The Morgan fingerprint density at radius 3 is 3.17 bits per heavy atom. The number of hydrogen-bond donors (Lipinski definition) is 2. The second kappa shape index (κ2) is 4.78. The smallest absolute Gasteiger partial charge is 0.230 e. The third-order valence-electron chi connectivity index (χ3n) is 2.94. The molecular formula is C12H13N3OS2. The van der Waals surface area contributed by atoms with Gasteiger partial charge >= 0.3 is 0 Å². The number of amides is 1. The van der Waals surface area contributed by atoms with Gasteiger partial charge in [-0.2, -0.15) is 11.8 Å². The minimum Gasteiger partial charge on any atom is -0.399 e. The van der Waals surface area contributed by atoms with E-state index in [9.17, 15) is 4.79 Å². The number of thiazole rings is 1. The fourth-order valence-corrected chi connectivity index (χ4v) is 4.08. The molecule has 3 rings (SSSR count). The first-order valence-corrected chi connectivity index (χ1v) is 7.74. The molecule has 1 saturated heterocycles. The Labute approximate surface area is 113 Å². The van der Waals surface area contributed by atoms with Gasteiger partial charge in [0.1, 0.15) is 0 Å². The number of carbonyl (C=O) groups excluding carboxylic acids is 1. The summed E-state index contributed by atoms with van der Waals surface area (Å²) in [6, 6.07) is 5.58. The molecule has 6 heteroatoms. The molecule has 94 valence electrons. The number of carbonyl (C=O) groups is 1. The number of thioether (sulfide) groups is 1. The van der Waals surface area contributed by atoms with Crippen molar-refractivity contribution < 1.29 is 4.79 Å². The van der Waals surface area contributed by atoms with Crippen LogP contribution in [0.4, 0.5) is 10.8 Å². The van der Waals surface area contributed by atoms with Crippen molar-refractivity contribution in [2.24, 2.45) is 5.92 Å². The number of nitrogens with one attached hydrogen (secondary N) is 1. The molecule has 2 aromatic rings. The van der Waals surface area contributed by atoms with Crippen LogP contribution in [-0.4, -0.2) is 22.4 Å². The number of fused-ring (bicyclic) bond motifs is 1. The van der Waals surface area contributed by atoms with E-state index in [1.807, 2.05) is 30.0 Å². The third-order valence-corrected chi connectivity index (χ3v) is 5.04. The first-order chi connectivity index (χ1) is 8.72. The van der Waals surface area contributed by atoms with Crippen molar-refractivity contribution in [3.8, 4) is 0 Å². The predicted molar refractivity (Wildman–Crippen MR) is 78.1 cm³/mol. The lowest BCUT2D eigenvalue weighted by Crippen LogP contribution is -2.22. The molecule has 1 aliphatic heterocycles. The summed E-state index contributed by atoms with van der Waals surface area (Å²) in [6.45, 7) is 0. The van der Waals surface area contributed by atoms with E-state index >= 15 is 0 Å². The van der Waals surface area contributed by atoms with Gasteiger partial charge in [-0.25, -0.2) is 4.98 Å². The van der Waals surface area contributed by atoms with Gasteiger partial charge < -0.3 is 11.1 Å². The molecule has 1 aromatic heterocycles. The van der Waals surface area contributed by atoms with E-state index in [1.54, 1.807) is 0 Å². The summed E-state index contributed by atoms with van der Waals surface area (Å²) in [5.41, 5.74) is 7.32. The summed E-state index contributed by atoms with van der Waals surface area (Å²) in [6.07, 6.45) is 0.967. The van der Waals surface area contributed by atoms with Crippen LogP contribution >= 0.6 is 23.1 Å². The van der Waals surface area contributed by atoms with Crippen molar-refractivity contribution in [1.29, 1.82) is 0 Å². The largest absolute Gasteiger partial charge is 0.399 e. The van der Waals surface area contributed by atoms with Crippen molar-refractivity contribution in [3.63, 3.8) is 0 Å². The van der Waals surface area contributed by atoms with E-state index in [0.29, 0.717) is 5.13 Å². The minimum atomic E-state index is 0.0898. The Hall–Kier alpha value is -1.27. The Balaban J connectivity index is 1.79. The molecule has 1 unspecified atom stereocenters. The average molecular weight is 279 g/mol.